The maximum Gasteiger partial charge on any atom is 0.118 e. The van der Waals surface area contributed by atoms with Crippen LogP contribution in [0.25, 0.3) is 0 Å². The van der Waals surface area contributed by atoms with Crippen molar-refractivity contribution in [1.82, 2.24) is 20.4 Å². The quantitative estimate of drug-likeness (QED) is 0.506. The van der Waals surface area contributed by atoms with E-state index in [0.29, 0.717) is 6.04 Å². The molecule has 1 aliphatic heterocycles. The van der Waals surface area contributed by atoms with Crippen LogP contribution in [0.1, 0.15) is 32.3 Å². The van der Waals surface area contributed by atoms with Crippen molar-refractivity contribution in [3.63, 3.8) is 0 Å². The van der Waals surface area contributed by atoms with Crippen molar-refractivity contribution in [2.45, 2.75) is 39.2 Å². The van der Waals surface area contributed by atoms with Crippen LogP contribution < -0.4 is 15.4 Å². The Morgan fingerprint density at radius 3 is 2.21 bits per heavy atom. The van der Waals surface area contributed by atoms with Crippen LogP contribution in [0.4, 0.5) is 0 Å². The van der Waals surface area contributed by atoms with Crippen LogP contribution in [-0.4, -0.2) is 82.4 Å². The molecule has 1 aliphatic rings. The molecule has 1 aromatic carbocycles. The van der Waals surface area contributed by atoms with Crippen molar-refractivity contribution in [3.8, 4) is 5.75 Å². The van der Waals surface area contributed by atoms with Gasteiger partial charge in [-0.1, -0.05) is 26.0 Å². The smallest absolute Gasteiger partial charge is 0.118 e. The number of benzene rings is 1. The summed E-state index contributed by atoms with van der Waals surface area (Å²) in [5.41, 5.74) is 1.37. The zero-order valence-electron chi connectivity index (χ0n) is 18.5. The minimum atomic E-state index is 0.526. The number of hydrogen-bond acceptors (Lipinski definition) is 5. The van der Waals surface area contributed by atoms with Crippen molar-refractivity contribution in [2.24, 2.45) is 5.92 Å². The summed E-state index contributed by atoms with van der Waals surface area (Å²) in [6.45, 7) is 14.1. The van der Waals surface area contributed by atoms with Crippen LogP contribution in [-0.2, 0) is 6.42 Å². The fourth-order valence-electron chi connectivity index (χ4n) is 3.79. The molecule has 1 heterocycles. The zero-order valence-corrected chi connectivity index (χ0v) is 18.5. The topological polar surface area (TPSA) is 39.8 Å². The number of nitrogens with zero attached hydrogens (tertiary/aromatic N) is 2. The first-order valence-corrected chi connectivity index (χ1v) is 11.1. The standard InChI is InChI=1S/C23H42N4O/c1-20(2)19-25-11-5-12-26-14-16-27(17-15-26)13-10-22(24-3)18-21-6-8-23(28-4)9-7-21/h6-9,20,22,24-25H,5,10-19H2,1-4H3. The van der Waals surface area contributed by atoms with Crippen LogP contribution in [0.3, 0.4) is 0 Å². The Morgan fingerprint density at radius 2 is 1.64 bits per heavy atom. The average Bonchev–Trinajstić information content (AvgIpc) is 2.72. The Balaban J connectivity index is 1.59. The van der Waals surface area contributed by atoms with E-state index < -0.39 is 0 Å². The summed E-state index contributed by atoms with van der Waals surface area (Å²) in [6.07, 6.45) is 3.53. The summed E-state index contributed by atoms with van der Waals surface area (Å²) in [4.78, 5) is 5.26. The van der Waals surface area contributed by atoms with E-state index in [0.717, 1.165) is 31.2 Å². The van der Waals surface area contributed by atoms with Crippen LogP contribution in [0.2, 0.25) is 0 Å². The molecule has 1 aromatic rings. The largest absolute Gasteiger partial charge is 0.497 e. The van der Waals surface area contributed by atoms with Gasteiger partial charge in [0.2, 0.25) is 0 Å². The lowest BCUT2D eigenvalue weighted by Crippen LogP contribution is -2.48. The third-order valence-corrected chi connectivity index (χ3v) is 5.69. The van der Waals surface area contributed by atoms with Crippen molar-refractivity contribution in [2.75, 3.05) is 66.5 Å². The number of ether oxygens (including phenoxy) is 1. The van der Waals surface area contributed by atoms with E-state index in [1.807, 2.05) is 0 Å². The summed E-state index contributed by atoms with van der Waals surface area (Å²) >= 11 is 0. The van der Waals surface area contributed by atoms with Crippen molar-refractivity contribution in [1.29, 1.82) is 0 Å². The molecule has 2 rings (SSSR count). The Bertz CT molecular complexity index is 512. The number of nitrogens with one attached hydrogen (secondary N) is 2. The monoisotopic (exact) mass is 390 g/mol. The molecule has 0 aliphatic carbocycles. The number of rotatable bonds is 13. The molecule has 28 heavy (non-hydrogen) atoms. The average molecular weight is 391 g/mol. The minimum Gasteiger partial charge on any atom is -0.497 e. The molecule has 0 aromatic heterocycles. The fraction of sp³-hybridized carbons (Fsp3) is 0.739. The first kappa shape index (κ1) is 23.1. The summed E-state index contributed by atoms with van der Waals surface area (Å²) in [7, 11) is 3.80. The lowest BCUT2D eigenvalue weighted by Gasteiger charge is -2.35. The van der Waals surface area contributed by atoms with Gasteiger partial charge in [-0.15, -0.1) is 0 Å². The minimum absolute atomic E-state index is 0.526. The van der Waals surface area contributed by atoms with Crippen molar-refractivity contribution in [3.05, 3.63) is 29.8 Å². The number of hydrogen-bond donors (Lipinski definition) is 2. The molecule has 160 valence electrons. The normalized spacial score (nSPS) is 17.2. The van der Waals surface area contributed by atoms with E-state index in [9.17, 15) is 0 Å². The zero-order chi connectivity index (χ0) is 20.2. The highest BCUT2D eigenvalue weighted by atomic mass is 16.5. The van der Waals surface area contributed by atoms with Gasteiger partial charge in [0.25, 0.3) is 0 Å². The third kappa shape index (κ3) is 8.91. The number of methoxy groups -OCH3 is 1. The van der Waals surface area contributed by atoms with Gasteiger partial charge in [-0.2, -0.15) is 0 Å². The Kier molecular flexibility index (Phi) is 10.9. The molecule has 1 unspecified atom stereocenters. The molecule has 1 saturated heterocycles. The van der Waals surface area contributed by atoms with Crippen molar-refractivity contribution < 1.29 is 4.74 Å². The van der Waals surface area contributed by atoms with Gasteiger partial charge in [-0.05, 0) is 76.1 Å². The Labute approximate surface area is 172 Å². The summed E-state index contributed by atoms with van der Waals surface area (Å²) in [5, 5.41) is 7.05. The molecule has 0 bridgehead atoms. The maximum absolute atomic E-state index is 5.25. The third-order valence-electron chi connectivity index (χ3n) is 5.69. The lowest BCUT2D eigenvalue weighted by atomic mass is 10.0. The van der Waals surface area contributed by atoms with Gasteiger partial charge in [-0.25, -0.2) is 0 Å². The van der Waals surface area contributed by atoms with Crippen molar-refractivity contribution >= 4 is 0 Å². The summed E-state index contributed by atoms with van der Waals surface area (Å²) in [5.74, 6) is 1.67. The number of likely N-dealkylation sites (N-methyl/N-ethyl adjacent to an activating group) is 1. The van der Waals surface area contributed by atoms with Gasteiger partial charge in [0.15, 0.2) is 0 Å². The second-order valence-electron chi connectivity index (χ2n) is 8.46. The Morgan fingerprint density at radius 1 is 1.00 bits per heavy atom. The predicted molar refractivity (Wildman–Crippen MR) is 119 cm³/mol. The molecule has 0 spiro atoms. The van der Waals surface area contributed by atoms with E-state index in [-0.39, 0.29) is 0 Å². The number of piperazine rings is 1. The summed E-state index contributed by atoms with van der Waals surface area (Å²) < 4.78 is 5.25. The second kappa shape index (κ2) is 13.2. The molecular formula is C23H42N4O. The van der Waals surface area contributed by atoms with E-state index >= 15 is 0 Å². The van der Waals surface area contributed by atoms with E-state index in [4.69, 9.17) is 4.74 Å². The van der Waals surface area contributed by atoms with Crippen LogP contribution in [0.5, 0.6) is 5.75 Å². The molecule has 1 atom stereocenters. The van der Waals surface area contributed by atoms with E-state index in [1.165, 1.54) is 57.7 Å². The lowest BCUT2D eigenvalue weighted by molar-refractivity contribution is 0.127. The van der Waals surface area contributed by atoms with Gasteiger partial charge in [0, 0.05) is 32.2 Å². The maximum atomic E-state index is 5.25. The Hall–Kier alpha value is -1.14. The van der Waals surface area contributed by atoms with Gasteiger partial charge in [0.1, 0.15) is 5.75 Å². The first-order chi connectivity index (χ1) is 13.6. The molecule has 5 heteroatoms. The predicted octanol–water partition coefficient (Wildman–Crippen LogP) is 2.47. The molecule has 2 N–H and O–H groups in total. The van der Waals surface area contributed by atoms with Gasteiger partial charge in [0.05, 0.1) is 7.11 Å². The highest BCUT2D eigenvalue weighted by Gasteiger charge is 2.17. The van der Waals surface area contributed by atoms with Crippen LogP contribution >= 0.6 is 0 Å². The molecule has 0 radical (unpaired) electrons. The van der Waals surface area contributed by atoms with E-state index in [1.54, 1.807) is 7.11 Å². The highest BCUT2D eigenvalue weighted by Crippen LogP contribution is 2.14. The molecule has 5 nitrogen and oxygen atoms in total. The van der Waals surface area contributed by atoms with Crippen LogP contribution in [0, 0.1) is 5.92 Å². The van der Waals surface area contributed by atoms with Gasteiger partial charge >= 0.3 is 0 Å². The molecule has 1 fully saturated rings. The van der Waals surface area contributed by atoms with Gasteiger partial charge < -0.3 is 25.2 Å². The molecule has 0 amide bonds. The SMILES string of the molecule is CNC(CCN1CCN(CCCNCC(C)C)CC1)Cc1ccc(OC)cc1. The second-order valence-corrected chi connectivity index (χ2v) is 8.46. The van der Waals surface area contributed by atoms with E-state index in [2.05, 4.69) is 65.6 Å². The highest BCUT2D eigenvalue weighted by molar-refractivity contribution is 5.27. The van der Waals surface area contributed by atoms with Crippen LogP contribution in [0.15, 0.2) is 24.3 Å². The first-order valence-electron chi connectivity index (χ1n) is 11.1. The van der Waals surface area contributed by atoms with Gasteiger partial charge in [-0.3, -0.25) is 0 Å². The molecular weight excluding hydrogens is 348 g/mol. The summed E-state index contributed by atoms with van der Waals surface area (Å²) in [6, 6.07) is 8.99. The molecule has 0 saturated carbocycles. The fourth-order valence-corrected chi connectivity index (χ4v) is 3.79.